The summed E-state index contributed by atoms with van der Waals surface area (Å²) in [4.78, 5) is 16.6. The van der Waals surface area contributed by atoms with Crippen LogP contribution in [0.15, 0.2) is 12.3 Å². The largest absolute Gasteiger partial charge is 0.323 e. The normalized spacial score (nSPS) is 18.1. The standard InChI is InChI=1S/C14H20ClN3O/c1-3-14(5-8-16-9-6-14)13(19)18-11-10(2)4-7-17-12(11)15/h4,7,16H,3,5-6,8-9H2,1-2H3,(H,18,19). The van der Waals surface area contributed by atoms with E-state index in [9.17, 15) is 4.79 Å². The lowest BCUT2D eigenvalue weighted by molar-refractivity contribution is -0.127. The highest BCUT2D eigenvalue weighted by Crippen LogP contribution is 2.35. The summed E-state index contributed by atoms with van der Waals surface area (Å²) in [6.07, 6.45) is 4.23. The van der Waals surface area contributed by atoms with Gasteiger partial charge in [-0.15, -0.1) is 0 Å². The molecule has 1 aromatic rings. The van der Waals surface area contributed by atoms with E-state index < -0.39 is 0 Å². The zero-order valence-corrected chi connectivity index (χ0v) is 12.2. The number of aromatic nitrogens is 1. The number of hydrogen-bond donors (Lipinski definition) is 2. The van der Waals surface area contributed by atoms with Gasteiger partial charge in [0.1, 0.15) is 0 Å². The fraction of sp³-hybridized carbons (Fsp3) is 0.571. The number of carbonyl (C=O) groups is 1. The first-order chi connectivity index (χ1) is 9.09. The lowest BCUT2D eigenvalue weighted by atomic mass is 9.76. The van der Waals surface area contributed by atoms with E-state index in [1.807, 2.05) is 13.0 Å². The summed E-state index contributed by atoms with van der Waals surface area (Å²) < 4.78 is 0. The maximum absolute atomic E-state index is 12.6. The predicted molar refractivity (Wildman–Crippen MR) is 77.4 cm³/mol. The second-order valence-corrected chi connectivity index (χ2v) is 5.49. The fourth-order valence-corrected chi connectivity index (χ4v) is 2.82. The third-order valence-corrected chi connectivity index (χ3v) is 4.36. The summed E-state index contributed by atoms with van der Waals surface area (Å²) in [7, 11) is 0. The van der Waals surface area contributed by atoms with Crippen LogP contribution in [-0.4, -0.2) is 24.0 Å². The molecule has 1 aromatic heterocycles. The van der Waals surface area contributed by atoms with E-state index in [0.717, 1.165) is 37.9 Å². The lowest BCUT2D eigenvalue weighted by Crippen LogP contribution is -2.44. The van der Waals surface area contributed by atoms with Crippen molar-refractivity contribution in [3.63, 3.8) is 0 Å². The molecular formula is C14H20ClN3O. The molecule has 0 atom stereocenters. The molecule has 2 heterocycles. The van der Waals surface area contributed by atoms with Crippen LogP contribution in [0, 0.1) is 12.3 Å². The summed E-state index contributed by atoms with van der Waals surface area (Å²) in [6, 6.07) is 1.85. The van der Waals surface area contributed by atoms with Gasteiger partial charge in [0.05, 0.1) is 11.1 Å². The summed E-state index contributed by atoms with van der Waals surface area (Å²) in [6.45, 7) is 5.77. The van der Waals surface area contributed by atoms with E-state index in [2.05, 4.69) is 22.5 Å². The Kier molecular flexibility index (Phi) is 4.42. The van der Waals surface area contributed by atoms with Crippen molar-refractivity contribution in [2.75, 3.05) is 18.4 Å². The van der Waals surface area contributed by atoms with E-state index >= 15 is 0 Å². The number of aryl methyl sites for hydroxylation is 1. The zero-order chi connectivity index (χ0) is 13.9. The molecule has 1 aliphatic heterocycles. The van der Waals surface area contributed by atoms with Gasteiger partial charge in [-0.05, 0) is 50.9 Å². The molecule has 1 fully saturated rings. The van der Waals surface area contributed by atoms with Crippen molar-refractivity contribution in [1.29, 1.82) is 0 Å². The minimum Gasteiger partial charge on any atom is -0.323 e. The number of piperidine rings is 1. The highest BCUT2D eigenvalue weighted by Gasteiger charge is 2.38. The predicted octanol–water partition coefficient (Wildman–Crippen LogP) is 2.76. The van der Waals surface area contributed by atoms with Crippen molar-refractivity contribution < 1.29 is 4.79 Å². The minimum absolute atomic E-state index is 0.0644. The molecule has 2 N–H and O–H groups in total. The number of halogens is 1. The number of carbonyl (C=O) groups excluding carboxylic acids is 1. The van der Waals surface area contributed by atoms with Gasteiger partial charge in [0.25, 0.3) is 0 Å². The molecule has 0 aliphatic carbocycles. The van der Waals surface area contributed by atoms with Gasteiger partial charge in [0.15, 0.2) is 5.15 Å². The van der Waals surface area contributed by atoms with Gasteiger partial charge in [0, 0.05) is 6.20 Å². The van der Waals surface area contributed by atoms with Crippen LogP contribution < -0.4 is 10.6 Å². The monoisotopic (exact) mass is 281 g/mol. The first-order valence-electron chi connectivity index (χ1n) is 6.72. The molecule has 1 aliphatic rings. The van der Waals surface area contributed by atoms with Crippen LogP contribution in [0.4, 0.5) is 5.69 Å². The fourth-order valence-electron chi connectivity index (χ4n) is 2.57. The first kappa shape index (κ1) is 14.3. The Balaban J connectivity index is 2.20. The minimum atomic E-state index is -0.281. The van der Waals surface area contributed by atoms with Crippen molar-refractivity contribution in [3.05, 3.63) is 23.0 Å². The van der Waals surface area contributed by atoms with Crippen molar-refractivity contribution in [3.8, 4) is 0 Å². The molecule has 0 spiro atoms. The molecule has 0 bridgehead atoms. The summed E-state index contributed by atoms with van der Waals surface area (Å²) >= 11 is 6.06. The Hall–Kier alpha value is -1.13. The van der Waals surface area contributed by atoms with E-state index in [4.69, 9.17) is 11.6 Å². The van der Waals surface area contributed by atoms with Gasteiger partial charge >= 0.3 is 0 Å². The molecule has 0 unspecified atom stereocenters. The van der Waals surface area contributed by atoms with E-state index in [-0.39, 0.29) is 11.3 Å². The lowest BCUT2D eigenvalue weighted by Gasteiger charge is -2.35. The SMILES string of the molecule is CCC1(C(=O)Nc2c(C)ccnc2Cl)CCNCC1. The van der Waals surface area contributed by atoms with Gasteiger partial charge < -0.3 is 10.6 Å². The molecule has 4 nitrogen and oxygen atoms in total. The Bertz CT molecular complexity index is 450. The number of nitrogens with one attached hydrogen (secondary N) is 2. The molecule has 19 heavy (non-hydrogen) atoms. The molecule has 1 saturated heterocycles. The molecule has 5 heteroatoms. The Morgan fingerprint density at radius 2 is 2.21 bits per heavy atom. The third-order valence-electron chi connectivity index (χ3n) is 4.07. The number of amides is 1. The van der Waals surface area contributed by atoms with Crippen LogP contribution in [0.5, 0.6) is 0 Å². The van der Waals surface area contributed by atoms with E-state index in [0.29, 0.717) is 10.8 Å². The summed E-state index contributed by atoms with van der Waals surface area (Å²) in [5, 5.41) is 6.63. The average Bonchev–Trinajstić information content (AvgIpc) is 2.43. The van der Waals surface area contributed by atoms with Crippen molar-refractivity contribution >= 4 is 23.2 Å². The van der Waals surface area contributed by atoms with Crippen molar-refractivity contribution in [1.82, 2.24) is 10.3 Å². The van der Waals surface area contributed by atoms with Gasteiger partial charge in [0.2, 0.25) is 5.91 Å². The van der Waals surface area contributed by atoms with Crippen molar-refractivity contribution in [2.24, 2.45) is 5.41 Å². The Morgan fingerprint density at radius 1 is 1.53 bits per heavy atom. The maximum Gasteiger partial charge on any atom is 0.230 e. The van der Waals surface area contributed by atoms with Crippen LogP contribution >= 0.6 is 11.6 Å². The molecule has 2 rings (SSSR count). The topological polar surface area (TPSA) is 54.0 Å². The molecule has 0 aromatic carbocycles. The van der Waals surface area contributed by atoms with E-state index in [1.54, 1.807) is 6.20 Å². The van der Waals surface area contributed by atoms with Gasteiger partial charge in [-0.3, -0.25) is 4.79 Å². The van der Waals surface area contributed by atoms with Gasteiger partial charge in [-0.25, -0.2) is 4.98 Å². The number of hydrogen-bond acceptors (Lipinski definition) is 3. The zero-order valence-electron chi connectivity index (χ0n) is 11.4. The number of rotatable bonds is 3. The number of nitrogens with zero attached hydrogens (tertiary/aromatic N) is 1. The maximum atomic E-state index is 12.6. The van der Waals surface area contributed by atoms with Gasteiger partial charge in [-0.2, -0.15) is 0 Å². The average molecular weight is 282 g/mol. The number of anilines is 1. The summed E-state index contributed by atoms with van der Waals surface area (Å²) in [5.41, 5.74) is 1.30. The molecule has 0 radical (unpaired) electrons. The van der Waals surface area contributed by atoms with E-state index in [1.165, 1.54) is 0 Å². The quantitative estimate of drug-likeness (QED) is 0.838. The summed E-state index contributed by atoms with van der Waals surface area (Å²) in [5.74, 6) is 0.0644. The van der Waals surface area contributed by atoms with Crippen LogP contribution in [0.25, 0.3) is 0 Å². The highest BCUT2D eigenvalue weighted by molar-refractivity contribution is 6.32. The first-order valence-corrected chi connectivity index (χ1v) is 7.10. The second-order valence-electron chi connectivity index (χ2n) is 5.13. The third kappa shape index (κ3) is 2.90. The van der Waals surface area contributed by atoms with Crippen LogP contribution in [-0.2, 0) is 4.79 Å². The highest BCUT2D eigenvalue weighted by atomic mass is 35.5. The van der Waals surface area contributed by atoms with Crippen LogP contribution in [0.2, 0.25) is 5.15 Å². The molecule has 104 valence electrons. The van der Waals surface area contributed by atoms with Crippen LogP contribution in [0.3, 0.4) is 0 Å². The van der Waals surface area contributed by atoms with Gasteiger partial charge in [-0.1, -0.05) is 18.5 Å². The van der Waals surface area contributed by atoms with Crippen molar-refractivity contribution in [2.45, 2.75) is 33.1 Å². The Labute approximate surface area is 118 Å². The molecular weight excluding hydrogens is 262 g/mol. The molecule has 0 saturated carbocycles. The number of pyridine rings is 1. The second kappa shape index (κ2) is 5.88. The molecule has 1 amide bonds. The van der Waals surface area contributed by atoms with Crippen LogP contribution in [0.1, 0.15) is 31.7 Å². The smallest absolute Gasteiger partial charge is 0.230 e. The Morgan fingerprint density at radius 3 is 2.79 bits per heavy atom.